The molecule has 3 rings (SSSR count). The molecule has 0 radical (unpaired) electrons. The zero-order valence-electron chi connectivity index (χ0n) is 19.3. The van der Waals surface area contributed by atoms with Gasteiger partial charge in [0.05, 0.1) is 12.5 Å². The van der Waals surface area contributed by atoms with E-state index in [1.54, 1.807) is 30.3 Å². The van der Waals surface area contributed by atoms with Crippen LogP contribution < -0.4 is 10.2 Å². The minimum absolute atomic E-state index is 0.117. The monoisotopic (exact) mass is 454 g/mol. The Balaban J connectivity index is 1.61. The quantitative estimate of drug-likeness (QED) is 0.500. The number of urea groups is 1. The van der Waals surface area contributed by atoms with Gasteiger partial charge in [0.25, 0.3) is 11.8 Å². The molecule has 9 heteroatoms. The largest absolute Gasteiger partial charge is 0.454 e. The van der Waals surface area contributed by atoms with E-state index in [0.717, 1.165) is 11.3 Å². The van der Waals surface area contributed by atoms with E-state index in [1.807, 2.05) is 6.07 Å². The minimum Gasteiger partial charge on any atom is -0.454 e. The van der Waals surface area contributed by atoms with Crippen LogP contribution in [-0.4, -0.2) is 54.0 Å². The smallest absolute Gasteiger partial charge is 0.326 e. The van der Waals surface area contributed by atoms with Gasteiger partial charge in [0, 0.05) is 12.2 Å². The van der Waals surface area contributed by atoms with E-state index in [2.05, 4.69) is 26.1 Å². The number of hydrogen-bond acceptors (Lipinski definition) is 6. The van der Waals surface area contributed by atoms with Crippen molar-refractivity contribution < 1.29 is 23.9 Å². The number of nitrogens with one attached hydrogen (secondary N) is 1. The predicted molar refractivity (Wildman–Crippen MR) is 120 cm³/mol. The third kappa shape index (κ3) is 5.51. The molecular formula is C24H30N4O5. The summed E-state index contributed by atoms with van der Waals surface area (Å²) in [6.45, 7) is 5.22. The first-order valence-electron chi connectivity index (χ1n) is 11.1. The Labute approximate surface area is 193 Å². The summed E-state index contributed by atoms with van der Waals surface area (Å²) in [6.07, 6.45) is 2.10. The molecule has 1 saturated heterocycles. The van der Waals surface area contributed by atoms with Gasteiger partial charge in [0.2, 0.25) is 0 Å². The fourth-order valence-electron chi connectivity index (χ4n) is 5.21. The highest BCUT2D eigenvalue weighted by molar-refractivity contribution is 6.09. The van der Waals surface area contributed by atoms with Crippen LogP contribution in [-0.2, 0) is 19.1 Å². The lowest BCUT2D eigenvalue weighted by Gasteiger charge is -2.43. The van der Waals surface area contributed by atoms with Crippen LogP contribution in [0.25, 0.3) is 0 Å². The minimum atomic E-state index is -1.00. The highest BCUT2D eigenvalue weighted by Gasteiger charge is 2.56. The molecule has 1 N–H and O–H groups in total. The van der Waals surface area contributed by atoms with Crippen molar-refractivity contribution in [3.05, 3.63) is 30.3 Å². The summed E-state index contributed by atoms with van der Waals surface area (Å²) in [5.41, 5.74) is -0.539. The lowest BCUT2D eigenvalue weighted by atomic mass is 9.64. The van der Waals surface area contributed by atoms with Gasteiger partial charge in [-0.2, -0.15) is 5.26 Å². The molecule has 0 aromatic heterocycles. The van der Waals surface area contributed by atoms with Gasteiger partial charge in [-0.25, -0.2) is 4.79 Å². The van der Waals surface area contributed by atoms with Gasteiger partial charge in [-0.3, -0.25) is 19.3 Å². The Morgan fingerprint density at radius 1 is 1.24 bits per heavy atom. The molecule has 9 nitrogen and oxygen atoms in total. The molecule has 1 spiro atoms. The maximum absolute atomic E-state index is 13.1. The Hall–Kier alpha value is -3.41. The van der Waals surface area contributed by atoms with E-state index >= 15 is 0 Å². The zero-order chi connectivity index (χ0) is 24.2. The van der Waals surface area contributed by atoms with Gasteiger partial charge in [-0.15, -0.1) is 0 Å². The second kappa shape index (κ2) is 9.61. The molecule has 1 saturated carbocycles. The van der Waals surface area contributed by atoms with Crippen molar-refractivity contribution in [2.45, 2.75) is 52.0 Å². The number of carbonyl (C=O) groups excluding carboxylic acids is 4. The van der Waals surface area contributed by atoms with E-state index in [9.17, 15) is 19.2 Å². The number of carbonyl (C=O) groups is 4. The molecule has 2 fully saturated rings. The van der Waals surface area contributed by atoms with E-state index in [0.29, 0.717) is 18.5 Å². The number of nitriles is 1. The number of hydrogen-bond donors (Lipinski definition) is 1. The van der Waals surface area contributed by atoms with E-state index < -0.39 is 42.5 Å². The molecule has 1 aromatic carbocycles. The number of rotatable bonds is 7. The molecule has 2 atom stereocenters. The van der Waals surface area contributed by atoms with Gasteiger partial charge < -0.3 is 15.0 Å². The normalized spacial score (nSPS) is 23.7. The van der Waals surface area contributed by atoms with Gasteiger partial charge in [-0.1, -0.05) is 39.0 Å². The molecule has 2 aliphatic rings. The molecule has 4 amide bonds. The van der Waals surface area contributed by atoms with Crippen LogP contribution in [0.2, 0.25) is 0 Å². The predicted octanol–water partition coefficient (Wildman–Crippen LogP) is 2.61. The zero-order valence-corrected chi connectivity index (χ0v) is 19.3. The number of para-hydroxylation sites is 1. The summed E-state index contributed by atoms with van der Waals surface area (Å²) in [6, 6.07) is 10.1. The molecule has 1 aromatic rings. The van der Waals surface area contributed by atoms with Gasteiger partial charge in [0.1, 0.15) is 12.1 Å². The second-order valence-electron chi connectivity index (χ2n) is 9.71. The number of benzene rings is 1. The standard InChI is InChI=1S/C24H30N4O5/c1-17-12-23(2,3)16-24(13-17)21(31)28(22(32)26-24)14-20(30)33-15-19(29)27(11-7-10-25)18-8-5-4-6-9-18/h4-6,8-9,17H,7,11-16H2,1-3H3,(H,26,32). The van der Waals surface area contributed by atoms with Crippen LogP contribution in [0.1, 0.15) is 46.5 Å². The first-order chi connectivity index (χ1) is 15.6. The van der Waals surface area contributed by atoms with Crippen molar-refractivity contribution >= 4 is 29.5 Å². The third-order valence-electron chi connectivity index (χ3n) is 6.08. The fraction of sp³-hybridized carbons (Fsp3) is 0.542. The van der Waals surface area contributed by atoms with Crippen LogP contribution in [0.15, 0.2) is 30.3 Å². The molecule has 1 aliphatic carbocycles. The van der Waals surface area contributed by atoms with Crippen molar-refractivity contribution in [3.8, 4) is 6.07 Å². The molecule has 2 unspecified atom stereocenters. The lowest BCUT2D eigenvalue weighted by molar-refractivity contribution is -0.151. The van der Waals surface area contributed by atoms with Crippen molar-refractivity contribution in [1.82, 2.24) is 10.2 Å². The lowest BCUT2D eigenvalue weighted by Crippen LogP contribution is -2.54. The first-order valence-corrected chi connectivity index (χ1v) is 11.1. The summed E-state index contributed by atoms with van der Waals surface area (Å²) < 4.78 is 5.10. The van der Waals surface area contributed by atoms with Gasteiger partial charge in [0.15, 0.2) is 6.61 Å². The van der Waals surface area contributed by atoms with Crippen LogP contribution in [0.5, 0.6) is 0 Å². The van der Waals surface area contributed by atoms with E-state index in [1.165, 1.54) is 4.90 Å². The van der Waals surface area contributed by atoms with Crippen LogP contribution in [0.4, 0.5) is 10.5 Å². The SMILES string of the molecule is CC1CC(C)(C)CC2(C1)NC(=O)N(CC(=O)OCC(=O)N(CCC#N)c1ccccc1)C2=O. The first kappa shape index (κ1) is 24.2. The Bertz CT molecular complexity index is 971. The maximum atomic E-state index is 13.1. The molecule has 33 heavy (non-hydrogen) atoms. The second-order valence-corrected chi connectivity index (χ2v) is 9.71. The molecule has 1 aliphatic heterocycles. The number of imide groups is 1. The summed E-state index contributed by atoms with van der Waals surface area (Å²) in [4.78, 5) is 53.0. The molecule has 176 valence electrons. The molecule has 1 heterocycles. The highest BCUT2D eigenvalue weighted by Crippen LogP contribution is 2.46. The number of esters is 1. The maximum Gasteiger partial charge on any atom is 0.326 e. The molecule has 0 bridgehead atoms. The summed E-state index contributed by atoms with van der Waals surface area (Å²) in [5, 5.41) is 11.7. The average Bonchev–Trinajstić information content (AvgIpc) is 2.95. The Morgan fingerprint density at radius 2 is 1.94 bits per heavy atom. The van der Waals surface area contributed by atoms with Crippen LogP contribution in [0.3, 0.4) is 0 Å². The number of amides is 4. The van der Waals surface area contributed by atoms with Crippen LogP contribution >= 0.6 is 0 Å². The Morgan fingerprint density at radius 3 is 2.58 bits per heavy atom. The number of nitrogens with zero attached hydrogens (tertiary/aromatic N) is 3. The van der Waals surface area contributed by atoms with E-state index in [-0.39, 0.29) is 24.3 Å². The van der Waals surface area contributed by atoms with Crippen molar-refractivity contribution in [2.75, 3.05) is 24.6 Å². The van der Waals surface area contributed by atoms with E-state index in [4.69, 9.17) is 10.00 Å². The van der Waals surface area contributed by atoms with Crippen molar-refractivity contribution in [2.24, 2.45) is 11.3 Å². The number of ether oxygens (including phenoxy) is 1. The van der Waals surface area contributed by atoms with Crippen LogP contribution in [0, 0.1) is 22.7 Å². The third-order valence-corrected chi connectivity index (χ3v) is 6.08. The summed E-state index contributed by atoms with van der Waals surface area (Å²) >= 11 is 0. The van der Waals surface area contributed by atoms with Crippen molar-refractivity contribution in [3.63, 3.8) is 0 Å². The topological polar surface area (TPSA) is 120 Å². The average molecular weight is 455 g/mol. The highest BCUT2D eigenvalue weighted by atomic mass is 16.5. The van der Waals surface area contributed by atoms with Gasteiger partial charge in [-0.05, 0) is 42.7 Å². The Kier molecular flexibility index (Phi) is 7.06. The molecular weight excluding hydrogens is 424 g/mol. The van der Waals surface area contributed by atoms with Gasteiger partial charge >= 0.3 is 12.0 Å². The summed E-state index contributed by atoms with van der Waals surface area (Å²) in [5.74, 6) is -1.52. The van der Waals surface area contributed by atoms with Crippen molar-refractivity contribution in [1.29, 1.82) is 5.26 Å². The number of anilines is 1. The summed E-state index contributed by atoms with van der Waals surface area (Å²) in [7, 11) is 0. The fourth-order valence-corrected chi connectivity index (χ4v) is 5.21.